The number of thiazole rings is 1. The molecule has 12 heteroatoms. The lowest BCUT2D eigenvalue weighted by Gasteiger charge is -2.31. The summed E-state index contributed by atoms with van der Waals surface area (Å²) in [6.07, 6.45) is 16.4. The zero-order valence-corrected chi connectivity index (χ0v) is 20.3. The van der Waals surface area contributed by atoms with E-state index in [0.717, 1.165) is 24.8 Å². The number of aromatic nitrogens is 8. The van der Waals surface area contributed by atoms with Gasteiger partial charge in [-0.25, -0.2) is 24.3 Å². The summed E-state index contributed by atoms with van der Waals surface area (Å²) in [7, 11) is 0. The van der Waals surface area contributed by atoms with Crippen LogP contribution in [0.1, 0.15) is 46.4 Å². The fraction of sp³-hybridized carbons (Fsp3) is 0.240. The standard InChI is InChI=1S/C25H20FN9OS/c1-2-17-13-29-25(37-17)24(36)32-15-5-3-6-16(11-15)34-20-12-21(35-30-9-10-31-35)28-14-19(20)33-23(34)22-18(26)7-4-8-27-22/h1,4,7-10,12-16H,3,5-6,11H2,(H,32,36)/t15-,16+/m0/s1. The molecular weight excluding hydrogens is 493 g/mol. The van der Waals surface area contributed by atoms with Crippen LogP contribution in [-0.2, 0) is 0 Å². The Labute approximate surface area is 214 Å². The third kappa shape index (κ3) is 4.34. The predicted molar refractivity (Wildman–Crippen MR) is 134 cm³/mol. The van der Waals surface area contributed by atoms with Crippen LogP contribution in [0.15, 0.2) is 49.2 Å². The van der Waals surface area contributed by atoms with Gasteiger partial charge in [0.25, 0.3) is 5.91 Å². The Morgan fingerprint density at radius 2 is 2.03 bits per heavy atom. The van der Waals surface area contributed by atoms with Crippen LogP contribution in [0.5, 0.6) is 0 Å². The van der Waals surface area contributed by atoms with Crippen LogP contribution in [0.3, 0.4) is 0 Å². The van der Waals surface area contributed by atoms with Gasteiger partial charge >= 0.3 is 0 Å². The van der Waals surface area contributed by atoms with Crippen LogP contribution in [0, 0.1) is 18.2 Å². The first kappa shape index (κ1) is 22.9. The lowest BCUT2D eigenvalue weighted by atomic mass is 9.90. The first-order valence-electron chi connectivity index (χ1n) is 11.7. The third-order valence-corrected chi connectivity index (χ3v) is 7.27. The largest absolute Gasteiger partial charge is 0.347 e. The number of fused-ring (bicyclic) bond motifs is 1. The molecule has 1 aliphatic rings. The maximum absolute atomic E-state index is 14.9. The molecule has 1 aliphatic carbocycles. The van der Waals surface area contributed by atoms with Gasteiger partial charge in [0.2, 0.25) is 0 Å². The van der Waals surface area contributed by atoms with Crippen LogP contribution in [-0.4, -0.2) is 51.4 Å². The molecule has 0 bridgehead atoms. The van der Waals surface area contributed by atoms with Crippen molar-refractivity contribution in [3.05, 3.63) is 64.9 Å². The number of amides is 1. The van der Waals surface area contributed by atoms with E-state index in [9.17, 15) is 9.18 Å². The maximum atomic E-state index is 14.9. The van der Waals surface area contributed by atoms with E-state index in [1.54, 1.807) is 30.9 Å². The number of rotatable bonds is 5. The molecule has 0 spiro atoms. The zero-order chi connectivity index (χ0) is 25.4. The van der Waals surface area contributed by atoms with Gasteiger partial charge in [-0.05, 0) is 37.8 Å². The molecular formula is C25H20FN9OS. The molecule has 1 saturated carbocycles. The van der Waals surface area contributed by atoms with Crippen molar-refractivity contribution in [3.8, 4) is 29.7 Å². The van der Waals surface area contributed by atoms with Crippen molar-refractivity contribution >= 4 is 28.3 Å². The summed E-state index contributed by atoms with van der Waals surface area (Å²) in [4.78, 5) is 32.4. The minimum absolute atomic E-state index is 0.0705. The van der Waals surface area contributed by atoms with Gasteiger partial charge in [0.1, 0.15) is 11.2 Å². The van der Waals surface area contributed by atoms with Crippen LogP contribution >= 0.6 is 11.3 Å². The van der Waals surface area contributed by atoms with E-state index in [2.05, 4.69) is 36.4 Å². The predicted octanol–water partition coefficient (Wildman–Crippen LogP) is 3.56. The molecule has 184 valence electrons. The Bertz CT molecular complexity index is 1640. The molecule has 2 atom stereocenters. The molecule has 6 rings (SSSR count). The quantitative estimate of drug-likeness (QED) is 0.357. The Morgan fingerprint density at radius 3 is 2.81 bits per heavy atom. The van der Waals surface area contributed by atoms with Gasteiger partial charge < -0.3 is 9.88 Å². The number of hydrogen-bond acceptors (Lipinski definition) is 8. The third-order valence-electron chi connectivity index (χ3n) is 6.34. The minimum Gasteiger partial charge on any atom is -0.347 e. The van der Waals surface area contributed by atoms with Crippen molar-refractivity contribution in [1.29, 1.82) is 0 Å². The molecule has 0 saturated heterocycles. The molecule has 10 nitrogen and oxygen atoms in total. The van der Waals surface area contributed by atoms with Crippen LogP contribution in [0.25, 0.3) is 28.4 Å². The highest BCUT2D eigenvalue weighted by molar-refractivity contribution is 7.14. The van der Waals surface area contributed by atoms with Crippen molar-refractivity contribution < 1.29 is 9.18 Å². The Hall–Kier alpha value is -4.50. The van der Waals surface area contributed by atoms with Gasteiger partial charge in [-0.1, -0.05) is 5.92 Å². The summed E-state index contributed by atoms with van der Waals surface area (Å²) < 4.78 is 16.9. The Balaban J connectivity index is 1.38. The van der Waals surface area contributed by atoms with Gasteiger partial charge in [0.15, 0.2) is 22.5 Å². The Morgan fingerprint density at radius 1 is 1.16 bits per heavy atom. The van der Waals surface area contributed by atoms with Gasteiger partial charge in [-0.2, -0.15) is 10.2 Å². The zero-order valence-electron chi connectivity index (χ0n) is 19.5. The molecule has 5 aromatic heterocycles. The molecule has 5 aromatic rings. The normalized spacial score (nSPS) is 17.5. The van der Waals surface area contributed by atoms with Crippen molar-refractivity contribution in [2.75, 3.05) is 0 Å². The molecule has 37 heavy (non-hydrogen) atoms. The minimum atomic E-state index is -0.463. The monoisotopic (exact) mass is 513 g/mol. The van der Waals surface area contributed by atoms with E-state index in [0.29, 0.717) is 33.5 Å². The maximum Gasteiger partial charge on any atom is 0.280 e. The number of hydrogen-bond donors (Lipinski definition) is 1. The SMILES string of the molecule is C#Cc1cnc(C(=O)N[C@H]2CCC[C@@H](n3c(-c4ncccc4F)nc4cnc(-n5nccn5)cc43)C2)s1. The summed E-state index contributed by atoms with van der Waals surface area (Å²) in [5, 5.41) is 11.8. The highest BCUT2D eigenvalue weighted by atomic mass is 32.1. The first-order valence-corrected chi connectivity index (χ1v) is 12.5. The van der Waals surface area contributed by atoms with E-state index in [1.807, 2.05) is 10.6 Å². The Kier molecular flexibility index (Phi) is 5.90. The van der Waals surface area contributed by atoms with Crippen molar-refractivity contribution in [2.24, 2.45) is 0 Å². The highest BCUT2D eigenvalue weighted by Crippen LogP contribution is 2.36. The van der Waals surface area contributed by atoms with Crippen molar-refractivity contribution in [1.82, 2.24) is 44.8 Å². The number of imidazole rings is 1. The van der Waals surface area contributed by atoms with E-state index in [4.69, 9.17) is 11.4 Å². The average molecular weight is 514 g/mol. The van der Waals surface area contributed by atoms with Gasteiger partial charge in [-0.3, -0.25) is 4.79 Å². The first-order chi connectivity index (χ1) is 18.1. The van der Waals surface area contributed by atoms with Crippen LogP contribution < -0.4 is 5.32 Å². The van der Waals surface area contributed by atoms with E-state index < -0.39 is 5.82 Å². The topological polar surface area (TPSA) is 116 Å². The molecule has 1 fully saturated rings. The summed E-state index contributed by atoms with van der Waals surface area (Å²) in [5.41, 5.74) is 1.53. The lowest BCUT2D eigenvalue weighted by Crippen LogP contribution is -2.39. The molecule has 0 aromatic carbocycles. The molecule has 0 radical (unpaired) electrons. The van der Waals surface area contributed by atoms with E-state index in [-0.39, 0.29) is 23.7 Å². The number of terminal acetylenes is 1. The summed E-state index contributed by atoms with van der Waals surface area (Å²) >= 11 is 1.19. The summed E-state index contributed by atoms with van der Waals surface area (Å²) in [6.45, 7) is 0. The number of nitrogens with zero attached hydrogens (tertiary/aromatic N) is 8. The second-order valence-electron chi connectivity index (χ2n) is 8.65. The van der Waals surface area contributed by atoms with Crippen molar-refractivity contribution in [3.63, 3.8) is 0 Å². The van der Waals surface area contributed by atoms with E-state index in [1.165, 1.54) is 28.4 Å². The summed E-state index contributed by atoms with van der Waals surface area (Å²) in [5.74, 6) is 2.72. The number of halogens is 1. The lowest BCUT2D eigenvalue weighted by molar-refractivity contribution is 0.0920. The molecule has 5 heterocycles. The number of carbonyl (C=O) groups is 1. The fourth-order valence-corrected chi connectivity index (χ4v) is 5.37. The van der Waals surface area contributed by atoms with Crippen molar-refractivity contribution in [2.45, 2.75) is 37.8 Å². The van der Waals surface area contributed by atoms with Gasteiger partial charge in [0.05, 0.1) is 35.2 Å². The number of nitrogens with one attached hydrogen (secondary N) is 1. The smallest absolute Gasteiger partial charge is 0.280 e. The van der Waals surface area contributed by atoms with Crippen LogP contribution in [0.2, 0.25) is 0 Å². The molecule has 0 unspecified atom stereocenters. The molecule has 1 N–H and O–H groups in total. The molecule has 0 aliphatic heterocycles. The van der Waals surface area contributed by atoms with E-state index >= 15 is 0 Å². The second kappa shape index (κ2) is 9.51. The summed E-state index contributed by atoms with van der Waals surface area (Å²) in [6, 6.07) is 4.58. The van der Waals surface area contributed by atoms with Gasteiger partial charge in [-0.15, -0.1) is 22.6 Å². The average Bonchev–Trinajstić information content (AvgIpc) is 3.68. The molecule has 1 amide bonds. The highest BCUT2D eigenvalue weighted by Gasteiger charge is 2.30. The number of carbonyl (C=O) groups excluding carboxylic acids is 1. The second-order valence-corrected chi connectivity index (χ2v) is 9.68. The fourth-order valence-electron chi connectivity index (χ4n) is 4.74. The van der Waals surface area contributed by atoms with Crippen LogP contribution in [0.4, 0.5) is 4.39 Å². The van der Waals surface area contributed by atoms with Gasteiger partial charge in [0, 0.05) is 24.3 Å². The number of pyridine rings is 2.